The van der Waals surface area contributed by atoms with Crippen LogP contribution in [0.3, 0.4) is 0 Å². The smallest absolute Gasteiger partial charge is 0.231 e. The summed E-state index contributed by atoms with van der Waals surface area (Å²) in [5, 5.41) is 3.48. The summed E-state index contributed by atoms with van der Waals surface area (Å²) in [6.45, 7) is 4.20. The molecule has 19 heavy (non-hydrogen) atoms. The average Bonchev–Trinajstić information content (AvgIpc) is 3.06. The molecule has 5 heteroatoms. The van der Waals surface area contributed by atoms with Crippen molar-refractivity contribution in [3.05, 3.63) is 42.5 Å². The lowest BCUT2D eigenvalue weighted by Crippen LogP contribution is -2.29. The molecule has 100 valence electrons. The van der Waals surface area contributed by atoms with E-state index in [1.807, 2.05) is 24.7 Å². The van der Waals surface area contributed by atoms with Gasteiger partial charge in [0.1, 0.15) is 0 Å². The number of ether oxygens (including phenoxy) is 2. The number of hydrogen-bond acceptors (Lipinski definition) is 4. The zero-order chi connectivity index (χ0) is 13.1. The van der Waals surface area contributed by atoms with Crippen molar-refractivity contribution in [2.75, 3.05) is 6.79 Å². The molecule has 1 atom stereocenters. The number of nitrogens with zero attached hydrogens (tertiary/aromatic N) is 2. The van der Waals surface area contributed by atoms with Gasteiger partial charge >= 0.3 is 0 Å². The summed E-state index contributed by atoms with van der Waals surface area (Å²) >= 11 is 0. The Balaban J connectivity index is 1.54. The van der Waals surface area contributed by atoms with Crippen molar-refractivity contribution in [1.29, 1.82) is 0 Å². The van der Waals surface area contributed by atoms with Gasteiger partial charge in [0.25, 0.3) is 0 Å². The van der Waals surface area contributed by atoms with Crippen LogP contribution in [0.2, 0.25) is 0 Å². The van der Waals surface area contributed by atoms with Crippen molar-refractivity contribution >= 4 is 0 Å². The van der Waals surface area contributed by atoms with Crippen molar-refractivity contribution in [3.63, 3.8) is 0 Å². The van der Waals surface area contributed by atoms with E-state index in [0.29, 0.717) is 12.8 Å². The second kappa shape index (κ2) is 5.32. The van der Waals surface area contributed by atoms with Crippen LogP contribution < -0.4 is 14.8 Å². The molecule has 1 aromatic heterocycles. The monoisotopic (exact) mass is 259 g/mol. The van der Waals surface area contributed by atoms with Gasteiger partial charge in [-0.25, -0.2) is 4.98 Å². The molecule has 0 aliphatic carbocycles. The number of nitrogens with one attached hydrogen (secondary N) is 1. The molecule has 1 N–H and O–H groups in total. The lowest BCUT2D eigenvalue weighted by atomic mass is 10.2. The molecule has 0 spiro atoms. The third-order valence-electron chi connectivity index (χ3n) is 3.14. The average molecular weight is 259 g/mol. The van der Waals surface area contributed by atoms with E-state index in [1.54, 1.807) is 6.20 Å². The summed E-state index contributed by atoms with van der Waals surface area (Å²) in [5.41, 5.74) is 1.20. The quantitative estimate of drug-likeness (QED) is 0.889. The Bertz CT molecular complexity index is 540. The maximum atomic E-state index is 5.37. The van der Waals surface area contributed by atoms with E-state index >= 15 is 0 Å². The van der Waals surface area contributed by atoms with E-state index in [1.165, 1.54) is 5.56 Å². The van der Waals surface area contributed by atoms with Crippen LogP contribution in [0.5, 0.6) is 11.5 Å². The first kappa shape index (κ1) is 12.0. The van der Waals surface area contributed by atoms with E-state index in [9.17, 15) is 0 Å². The summed E-state index contributed by atoms with van der Waals surface area (Å²) < 4.78 is 12.7. The van der Waals surface area contributed by atoms with Crippen molar-refractivity contribution in [1.82, 2.24) is 14.9 Å². The summed E-state index contributed by atoms with van der Waals surface area (Å²) in [6, 6.07) is 6.42. The van der Waals surface area contributed by atoms with Crippen molar-refractivity contribution in [3.8, 4) is 11.5 Å². The first-order valence-corrected chi connectivity index (χ1v) is 6.39. The van der Waals surface area contributed by atoms with Gasteiger partial charge in [0.15, 0.2) is 11.5 Å². The molecule has 1 aliphatic heterocycles. The minimum absolute atomic E-state index is 0.323. The molecule has 2 aromatic rings. The third-order valence-corrected chi connectivity index (χ3v) is 3.14. The topological polar surface area (TPSA) is 48.3 Å². The van der Waals surface area contributed by atoms with Crippen LogP contribution in [0.25, 0.3) is 0 Å². The maximum Gasteiger partial charge on any atom is 0.231 e. The van der Waals surface area contributed by atoms with Gasteiger partial charge in [0.05, 0.1) is 6.33 Å². The Hall–Kier alpha value is -2.01. The molecule has 0 fully saturated rings. The Morgan fingerprint density at radius 2 is 2.26 bits per heavy atom. The van der Waals surface area contributed by atoms with Crippen molar-refractivity contribution in [2.45, 2.75) is 26.1 Å². The molecule has 5 nitrogen and oxygen atoms in total. The first-order valence-electron chi connectivity index (χ1n) is 6.39. The molecule has 0 saturated carbocycles. The Morgan fingerprint density at radius 1 is 1.37 bits per heavy atom. The van der Waals surface area contributed by atoms with Crippen LogP contribution >= 0.6 is 0 Å². The van der Waals surface area contributed by atoms with E-state index in [2.05, 4.69) is 27.9 Å². The molecule has 3 rings (SSSR count). The maximum absolute atomic E-state index is 5.37. The van der Waals surface area contributed by atoms with Gasteiger partial charge in [-0.05, 0) is 24.6 Å². The predicted octanol–water partition coefficient (Wildman–Crippen LogP) is 1.79. The number of rotatable bonds is 5. The van der Waals surface area contributed by atoms with Gasteiger partial charge in [-0.15, -0.1) is 0 Å². The van der Waals surface area contributed by atoms with Crippen LogP contribution in [-0.2, 0) is 13.1 Å². The fourth-order valence-corrected chi connectivity index (χ4v) is 2.12. The number of benzene rings is 1. The Labute approximate surface area is 112 Å². The van der Waals surface area contributed by atoms with Gasteiger partial charge in [-0.1, -0.05) is 6.07 Å². The zero-order valence-electron chi connectivity index (χ0n) is 10.9. The number of imidazole rings is 1. The highest BCUT2D eigenvalue weighted by Gasteiger charge is 2.13. The van der Waals surface area contributed by atoms with Crippen LogP contribution in [0.15, 0.2) is 36.9 Å². The largest absolute Gasteiger partial charge is 0.454 e. The third kappa shape index (κ3) is 2.88. The Morgan fingerprint density at radius 3 is 3.11 bits per heavy atom. The summed E-state index contributed by atoms with van der Waals surface area (Å²) in [7, 11) is 0. The molecule has 1 aliphatic rings. The second-order valence-corrected chi connectivity index (χ2v) is 4.73. The van der Waals surface area contributed by atoms with Gasteiger partial charge in [-0.3, -0.25) is 0 Å². The van der Waals surface area contributed by atoms with E-state index in [0.717, 1.165) is 24.6 Å². The number of aromatic nitrogens is 2. The van der Waals surface area contributed by atoms with Crippen molar-refractivity contribution in [2.24, 2.45) is 0 Å². The predicted molar refractivity (Wildman–Crippen MR) is 71.1 cm³/mol. The minimum Gasteiger partial charge on any atom is -0.454 e. The van der Waals surface area contributed by atoms with Gasteiger partial charge in [-0.2, -0.15) is 0 Å². The first-order chi connectivity index (χ1) is 9.31. The minimum atomic E-state index is 0.323. The molecule has 0 saturated heterocycles. The summed E-state index contributed by atoms with van der Waals surface area (Å²) in [6.07, 6.45) is 5.60. The van der Waals surface area contributed by atoms with E-state index < -0.39 is 0 Å². The number of hydrogen-bond donors (Lipinski definition) is 1. The zero-order valence-corrected chi connectivity index (χ0v) is 10.9. The van der Waals surface area contributed by atoms with Crippen LogP contribution in [0, 0.1) is 0 Å². The highest BCUT2D eigenvalue weighted by Crippen LogP contribution is 2.32. The SMILES string of the molecule is CC(Cn1ccnc1)NCc1ccc2c(c1)OCO2. The molecule has 1 unspecified atom stereocenters. The molecular formula is C14H17N3O2. The highest BCUT2D eigenvalue weighted by atomic mass is 16.7. The standard InChI is InChI=1S/C14H17N3O2/c1-11(8-17-5-4-15-9-17)16-7-12-2-3-13-14(6-12)19-10-18-13/h2-6,9,11,16H,7-8,10H2,1H3. The van der Waals surface area contributed by atoms with E-state index in [-0.39, 0.29) is 0 Å². The summed E-state index contributed by atoms with van der Waals surface area (Å²) in [5.74, 6) is 1.66. The molecule has 0 radical (unpaired) electrons. The van der Waals surface area contributed by atoms with Gasteiger partial charge in [0, 0.05) is 31.5 Å². The van der Waals surface area contributed by atoms with Crippen molar-refractivity contribution < 1.29 is 9.47 Å². The highest BCUT2D eigenvalue weighted by molar-refractivity contribution is 5.44. The second-order valence-electron chi connectivity index (χ2n) is 4.73. The van der Waals surface area contributed by atoms with Gasteiger partial charge < -0.3 is 19.4 Å². The van der Waals surface area contributed by atoms with E-state index in [4.69, 9.17) is 9.47 Å². The lowest BCUT2D eigenvalue weighted by Gasteiger charge is -2.14. The molecule has 0 amide bonds. The van der Waals surface area contributed by atoms with Crippen LogP contribution in [0.4, 0.5) is 0 Å². The molecule has 0 bridgehead atoms. The lowest BCUT2D eigenvalue weighted by molar-refractivity contribution is 0.174. The fraction of sp³-hybridized carbons (Fsp3) is 0.357. The Kier molecular flexibility index (Phi) is 3.37. The normalized spacial score (nSPS) is 14.6. The summed E-state index contributed by atoms with van der Waals surface area (Å²) in [4.78, 5) is 4.04. The van der Waals surface area contributed by atoms with Crippen LogP contribution in [-0.4, -0.2) is 22.4 Å². The van der Waals surface area contributed by atoms with Crippen LogP contribution in [0.1, 0.15) is 12.5 Å². The fourth-order valence-electron chi connectivity index (χ4n) is 2.12. The molecule has 2 heterocycles. The molecular weight excluding hydrogens is 242 g/mol. The number of fused-ring (bicyclic) bond motifs is 1. The van der Waals surface area contributed by atoms with Gasteiger partial charge in [0.2, 0.25) is 6.79 Å². The molecule has 1 aromatic carbocycles.